The van der Waals surface area contributed by atoms with Gasteiger partial charge in [-0.15, -0.1) is 0 Å². The smallest absolute Gasteiger partial charge is 0.225 e. The lowest BCUT2D eigenvalue weighted by Gasteiger charge is -2.38. The summed E-state index contributed by atoms with van der Waals surface area (Å²) in [6.45, 7) is 8.24. The van der Waals surface area contributed by atoms with Crippen LogP contribution in [0.15, 0.2) is 36.5 Å². The molecule has 0 aliphatic carbocycles. The van der Waals surface area contributed by atoms with Crippen LogP contribution in [0, 0.1) is 6.92 Å². The lowest BCUT2D eigenvalue weighted by Crippen LogP contribution is -2.53. The quantitative estimate of drug-likeness (QED) is 0.863. The first kappa shape index (κ1) is 18.6. The number of hydrogen-bond acceptors (Lipinski definition) is 6. The van der Waals surface area contributed by atoms with E-state index in [1.54, 1.807) is 6.20 Å². The van der Waals surface area contributed by atoms with E-state index in [9.17, 15) is 5.11 Å². The number of aryl methyl sites for hydroxylation is 1. The molecule has 0 amide bonds. The van der Waals surface area contributed by atoms with Gasteiger partial charge < -0.3 is 10.0 Å². The second kappa shape index (κ2) is 8.10. The fraction of sp³-hybridized carbons (Fsp3) is 0.500. The van der Waals surface area contributed by atoms with Crippen molar-refractivity contribution in [1.82, 2.24) is 19.8 Å². The summed E-state index contributed by atoms with van der Waals surface area (Å²) in [7, 11) is 0. The predicted molar refractivity (Wildman–Crippen MR) is 107 cm³/mol. The molecule has 0 bridgehead atoms. The van der Waals surface area contributed by atoms with Gasteiger partial charge in [-0.05, 0) is 30.7 Å². The van der Waals surface area contributed by atoms with Gasteiger partial charge in [-0.2, -0.15) is 0 Å². The molecular weight excluding hydrogens is 362 g/mol. The summed E-state index contributed by atoms with van der Waals surface area (Å²) in [4.78, 5) is 15.8. The number of anilines is 1. The van der Waals surface area contributed by atoms with Crippen molar-refractivity contribution in [2.75, 3.05) is 44.2 Å². The normalized spacial score (nSPS) is 24.5. The molecule has 3 heterocycles. The number of aromatic nitrogens is 2. The number of aliphatic hydroxyl groups excluding tert-OH is 1. The first-order chi connectivity index (χ1) is 13.1. The average molecular weight is 388 g/mol. The summed E-state index contributed by atoms with van der Waals surface area (Å²) in [5.74, 6) is 0.720. The van der Waals surface area contributed by atoms with Gasteiger partial charge in [-0.3, -0.25) is 9.80 Å². The molecule has 4 rings (SSSR count). The number of halogens is 1. The van der Waals surface area contributed by atoms with Crippen molar-refractivity contribution in [3.05, 3.63) is 52.8 Å². The molecule has 6 nitrogen and oxygen atoms in total. The van der Waals surface area contributed by atoms with E-state index in [-0.39, 0.29) is 12.1 Å². The van der Waals surface area contributed by atoms with Crippen LogP contribution < -0.4 is 4.90 Å². The Labute approximate surface area is 165 Å². The largest absolute Gasteiger partial charge is 0.390 e. The van der Waals surface area contributed by atoms with Crippen molar-refractivity contribution < 1.29 is 5.11 Å². The standard InChI is InChI=1S/C20H26ClN5O/c1-15-6-7-22-20(23-15)26-13-18(19(27)14-26)25-10-8-24(9-11-25)12-16-2-4-17(21)5-3-16/h2-7,18-19,27H,8-14H2,1H3. The molecule has 144 valence electrons. The number of rotatable bonds is 4. The van der Waals surface area contributed by atoms with E-state index in [1.807, 2.05) is 25.1 Å². The summed E-state index contributed by atoms with van der Waals surface area (Å²) in [5, 5.41) is 11.4. The van der Waals surface area contributed by atoms with E-state index < -0.39 is 0 Å². The van der Waals surface area contributed by atoms with E-state index in [1.165, 1.54) is 5.56 Å². The molecule has 2 aliphatic rings. The summed E-state index contributed by atoms with van der Waals surface area (Å²) in [6.07, 6.45) is 1.42. The molecule has 2 unspecified atom stereocenters. The maximum atomic E-state index is 10.6. The topological polar surface area (TPSA) is 55.7 Å². The molecule has 1 aromatic carbocycles. The fourth-order valence-electron chi connectivity index (χ4n) is 3.98. The van der Waals surface area contributed by atoms with Gasteiger partial charge in [0.2, 0.25) is 5.95 Å². The fourth-order valence-corrected chi connectivity index (χ4v) is 4.11. The van der Waals surface area contributed by atoms with Gasteiger partial charge in [0.05, 0.1) is 12.1 Å². The molecule has 2 aliphatic heterocycles. The first-order valence-electron chi connectivity index (χ1n) is 9.52. The number of nitrogens with zero attached hydrogens (tertiary/aromatic N) is 5. The van der Waals surface area contributed by atoms with Crippen LogP contribution in [0.3, 0.4) is 0 Å². The van der Waals surface area contributed by atoms with E-state index in [0.717, 1.165) is 55.9 Å². The van der Waals surface area contributed by atoms with Crippen molar-refractivity contribution in [3.63, 3.8) is 0 Å². The highest BCUT2D eigenvalue weighted by atomic mass is 35.5. The van der Waals surface area contributed by atoms with Crippen LogP contribution in [-0.2, 0) is 6.54 Å². The second-order valence-corrected chi connectivity index (χ2v) is 7.91. The van der Waals surface area contributed by atoms with Gasteiger partial charge in [-0.1, -0.05) is 23.7 Å². The molecule has 1 N–H and O–H groups in total. The molecule has 0 radical (unpaired) electrons. The van der Waals surface area contributed by atoms with E-state index in [0.29, 0.717) is 6.54 Å². The van der Waals surface area contributed by atoms with Gasteiger partial charge in [-0.25, -0.2) is 9.97 Å². The average Bonchev–Trinajstić information content (AvgIpc) is 3.06. The van der Waals surface area contributed by atoms with Crippen molar-refractivity contribution in [2.24, 2.45) is 0 Å². The lowest BCUT2D eigenvalue weighted by molar-refractivity contribution is 0.0424. The zero-order valence-corrected chi connectivity index (χ0v) is 16.4. The van der Waals surface area contributed by atoms with Gasteiger partial charge in [0.1, 0.15) is 0 Å². The molecule has 0 saturated carbocycles. The third kappa shape index (κ3) is 4.41. The van der Waals surface area contributed by atoms with Gasteiger partial charge in [0.25, 0.3) is 0 Å². The van der Waals surface area contributed by atoms with Crippen LogP contribution >= 0.6 is 11.6 Å². The number of aliphatic hydroxyl groups is 1. The Morgan fingerprint density at radius 2 is 1.81 bits per heavy atom. The number of benzene rings is 1. The number of β-amino-alcohol motifs (C(OH)–C–C–N with tert-alkyl or cyclic N) is 1. The highest BCUT2D eigenvalue weighted by Gasteiger charge is 2.37. The zero-order chi connectivity index (χ0) is 18.8. The predicted octanol–water partition coefficient (Wildman–Crippen LogP) is 1.81. The van der Waals surface area contributed by atoms with Gasteiger partial charge in [0.15, 0.2) is 0 Å². The van der Waals surface area contributed by atoms with E-state index >= 15 is 0 Å². The maximum Gasteiger partial charge on any atom is 0.225 e. The Balaban J connectivity index is 1.32. The molecule has 2 atom stereocenters. The number of piperazine rings is 1. The van der Waals surface area contributed by atoms with Crippen molar-refractivity contribution in [3.8, 4) is 0 Å². The molecule has 2 aromatic rings. The summed E-state index contributed by atoms with van der Waals surface area (Å²) >= 11 is 5.97. The monoisotopic (exact) mass is 387 g/mol. The summed E-state index contributed by atoms with van der Waals surface area (Å²) < 4.78 is 0. The van der Waals surface area contributed by atoms with Crippen LogP contribution in [-0.4, -0.2) is 76.3 Å². The van der Waals surface area contributed by atoms with Crippen LogP contribution in [0.2, 0.25) is 5.02 Å². The second-order valence-electron chi connectivity index (χ2n) is 7.48. The van der Waals surface area contributed by atoms with Crippen LogP contribution in [0.5, 0.6) is 0 Å². The van der Waals surface area contributed by atoms with Crippen molar-refractivity contribution in [1.29, 1.82) is 0 Å². The summed E-state index contributed by atoms with van der Waals surface area (Å²) in [5.41, 5.74) is 2.24. The molecule has 7 heteroatoms. The minimum Gasteiger partial charge on any atom is -0.390 e. The Morgan fingerprint density at radius 3 is 2.52 bits per heavy atom. The SMILES string of the molecule is Cc1ccnc(N2CC(O)C(N3CCN(Cc4ccc(Cl)cc4)CC3)C2)n1. The van der Waals surface area contributed by atoms with Crippen molar-refractivity contribution in [2.45, 2.75) is 25.6 Å². The third-order valence-corrected chi connectivity index (χ3v) is 5.77. The minimum absolute atomic E-state index is 0.145. The molecule has 2 saturated heterocycles. The van der Waals surface area contributed by atoms with Crippen LogP contribution in [0.1, 0.15) is 11.3 Å². The zero-order valence-electron chi connectivity index (χ0n) is 15.6. The van der Waals surface area contributed by atoms with Crippen molar-refractivity contribution >= 4 is 17.5 Å². The minimum atomic E-state index is -0.364. The Morgan fingerprint density at radius 1 is 1.07 bits per heavy atom. The number of hydrogen-bond donors (Lipinski definition) is 1. The van der Waals surface area contributed by atoms with Crippen LogP contribution in [0.25, 0.3) is 0 Å². The first-order valence-corrected chi connectivity index (χ1v) is 9.90. The summed E-state index contributed by atoms with van der Waals surface area (Å²) in [6, 6.07) is 10.1. The molecule has 0 spiro atoms. The van der Waals surface area contributed by atoms with Gasteiger partial charge in [0, 0.05) is 62.7 Å². The Bertz CT molecular complexity index is 763. The highest BCUT2D eigenvalue weighted by Crippen LogP contribution is 2.22. The molecular formula is C20H26ClN5O. The Kier molecular flexibility index (Phi) is 5.59. The third-order valence-electron chi connectivity index (χ3n) is 5.52. The molecule has 2 fully saturated rings. The molecule has 1 aromatic heterocycles. The van der Waals surface area contributed by atoms with Crippen LogP contribution in [0.4, 0.5) is 5.95 Å². The van der Waals surface area contributed by atoms with E-state index in [4.69, 9.17) is 11.6 Å². The lowest BCUT2D eigenvalue weighted by atomic mass is 10.1. The van der Waals surface area contributed by atoms with Gasteiger partial charge >= 0.3 is 0 Å². The highest BCUT2D eigenvalue weighted by molar-refractivity contribution is 6.30. The Hall–Kier alpha value is -1.73. The maximum absolute atomic E-state index is 10.6. The molecule has 27 heavy (non-hydrogen) atoms. The van der Waals surface area contributed by atoms with E-state index in [2.05, 4.69) is 36.8 Å².